The molecule has 0 aliphatic heterocycles. The number of ether oxygens (including phenoxy) is 1. The lowest BCUT2D eigenvalue weighted by molar-refractivity contribution is -0.384. The van der Waals surface area contributed by atoms with Gasteiger partial charge in [0.15, 0.2) is 10.4 Å². The van der Waals surface area contributed by atoms with Crippen molar-refractivity contribution in [1.82, 2.24) is 5.32 Å². The van der Waals surface area contributed by atoms with Gasteiger partial charge in [0.25, 0.3) is 17.5 Å². The predicted octanol–water partition coefficient (Wildman–Crippen LogP) is 4.37. The Bertz CT molecular complexity index is 1140. The van der Waals surface area contributed by atoms with Crippen LogP contribution in [0.4, 0.5) is 11.4 Å². The highest BCUT2D eigenvalue weighted by Crippen LogP contribution is 2.18. The van der Waals surface area contributed by atoms with Crippen LogP contribution in [0.1, 0.15) is 16.1 Å². The molecule has 3 rings (SSSR count). The number of nitrogens with zero attached hydrogens (tertiary/aromatic N) is 1. The number of nitrogens with one attached hydrogen (secondary N) is 2. The Balaban J connectivity index is 1.87. The van der Waals surface area contributed by atoms with Gasteiger partial charge in [-0.25, -0.2) is 0 Å². The number of benzene rings is 2. The van der Waals surface area contributed by atoms with Crippen molar-refractivity contribution < 1.29 is 23.7 Å². The highest BCUT2D eigenvalue weighted by Gasteiger charge is 2.18. The zero-order valence-corrected chi connectivity index (χ0v) is 17.7. The topological polar surface area (TPSA) is 124 Å². The smallest absolute Gasteiger partial charge is 0.291 e. The van der Waals surface area contributed by atoms with E-state index in [0.29, 0.717) is 21.7 Å². The largest absolute Gasteiger partial charge is 0.497 e. The number of amides is 2. The summed E-state index contributed by atoms with van der Waals surface area (Å²) in [6.07, 6.45) is 1.40. The molecule has 0 radical (unpaired) electrons. The van der Waals surface area contributed by atoms with Gasteiger partial charge in [0.1, 0.15) is 11.4 Å². The van der Waals surface area contributed by atoms with Crippen molar-refractivity contribution >= 4 is 45.2 Å². The molecule has 3 aromatic rings. The number of non-ortho nitro benzene ring substituents is 1. The van der Waals surface area contributed by atoms with Crippen molar-refractivity contribution in [2.75, 3.05) is 12.4 Å². The molecule has 2 amide bonds. The highest BCUT2D eigenvalue weighted by atomic mass is 79.9. The fourth-order valence-corrected chi connectivity index (χ4v) is 2.82. The average Bonchev–Trinajstić information content (AvgIpc) is 3.20. The lowest BCUT2D eigenvalue weighted by Gasteiger charge is -2.11. The van der Waals surface area contributed by atoms with Gasteiger partial charge in [0.2, 0.25) is 0 Å². The number of furan rings is 1. The third-order valence-electron chi connectivity index (χ3n) is 4.05. The maximum atomic E-state index is 12.8. The summed E-state index contributed by atoms with van der Waals surface area (Å²) in [5, 5.41) is 16.0. The van der Waals surface area contributed by atoms with Crippen molar-refractivity contribution in [3.8, 4) is 5.75 Å². The first-order chi connectivity index (χ1) is 14.9. The fraction of sp³-hybridized carbons (Fsp3) is 0.0476. The monoisotopic (exact) mass is 485 g/mol. The van der Waals surface area contributed by atoms with E-state index >= 15 is 0 Å². The van der Waals surface area contributed by atoms with Crippen molar-refractivity contribution in [2.24, 2.45) is 0 Å². The summed E-state index contributed by atoms with van der Waals surface area (Å²) < 4.78 is 10.7. The number of carbonyl (C=O) groups excluding carboxylic acids is 2. The molecule has 0 aliphatic rings. The number of halogens is 1. The molecule has 0 bridgehead atoms. The minimum absolute atomic E-state index is 0.00118. The molecule has 2 N–H and O–H groups in total. The number of hydrogen-bond acceptors (Lipinski definition) is 6. The quantitative estimate of drug-likeness (QED) is 0.291. The Morgan fingerprint density at radius 2 is 1.74 bits per heavy atom. The number of nitro groups is 1. The van der Waals surface area contributed by atoms with Crippen molar-refractivity contribution in [3.05, 3.63) is 92.5 Å². The van der Waals surface area contributed by atoms with Gasteiger partial charge in [-0.2, -0.15) is 0 Å². The molecule has 0 aliphatic carbocycles. The summed E-state index contributed by atoms with van der Waals surface area (Å²) in [5.74, 6) is -0.610. The van der Waals surface area contributed by atoms with Gasteiger partial charge in [-0.3, -0.25) is 19.7 Å². The van der Waals surface area contributed by atoms with Gasteiger partial charge < -0.3 is 19.8 Å². The van der Waals surface area contributed by atoms with Crippen LogP contribution in [0, 0.1) is 10.1 Å². The van der Waals surface area contributed by atoms with E-state index in [1.54, 1.807) is 30.3 Å². The Morgan fingerprint density at radius 3 is 2.29 bits per heavy atom. The molecule has 1 aromatic heterocycles. The third kappa shape index (κ3) is 5.80. The first-order valence-corrected chi connectivity index (χ1v) is 9.63. The van der Waals surface area contributed by atoms with Crippen molar-refractivity contribution in [1.29, 1.82) is 0 Å². The van der Waals surface area contributed by atoms with E-state index in [9.17, 15) is 19.7 Å². The molecule has 1 heterocycles. The molecule has 0 saturated heterocycles. The molecule has 0 spiro atoms. The zero-order chi connectivity index (χ0) is 22.4. The van der Waals surface area contributed by atoms with Crippen LogP contribution >= 0.6 is 15.9 Å². The molecule has 2 aromatic carbocycles. The normalized spacial score (nSPS) is 11.0. The number of anilines is 1. The molecule has 31 heavy (non-hydrogen) atoms. The van der Waals surface area contributed by atoms with E-state index in [-0.39, 0.29) is 17.1 Å². The Morgan fingerprint density at radius 1 is 1.06 bits per heavy atom. The number of carbonyl (C=O) groups is 2. The minimum atomic E-state index is -0.635. The molecular formula is C21H16BrN3O6. The van der Waals surface area contributed by atoms with Crippen LogP contribution in [0.5, 0.6) is 5.75 Å². The van der Waals surface area contributed by atoms with Crippen LogP contribution in [0.2, 0.25) is 0 Å². The zero-order valence-electron chi connectivity index (χ0n) is 16.1. The maximum absolute atomic E-state index is 12.8. The Labute approximate surface area is 185 Å². The summed E-state index contributed by atoms with van der Waals surface area (Å²) in [6.45, 7) is 0. The van der Waals surface area contributed by atoms with E-state index < -0.39 is 16.7 Å². The first kappa shape index (κ1) is 21.8. The van der Waals surface area contributed by atoms with E-state index in [0.717, 1.165) is 0 Å². The molecule has 0 fully saturated rings. The second kappa shape index (κ2) is 9.72. The van der Waals surface area contributed by atoms with Gasteiger partial charge in [-0.05, 0) is 76.1 Å². The van der Waals surface area contributed by atoms with E-state index in [1.165, 1.54) is 43.5 Å². The number of hydrogen-bond donors (Lipinski definition) is 2. The Hall–Kier alpha value is -3.92. The van der Waals surface area contributed by atoms with Crippen LogP contribution in [0.3, 0.4) is 0 Å². The number of rotatable bonds is 7. The molecule has 9 nitrogen and oxygen atoms in total. The Kier molecular flexibility index (Phi) is 6.83. The summed E-state index contributed by atoms with van der Waals surface area (Å²) in [6, 6.07) is 15.2. The van der Waals surface area contributed by atoms with Gasteiger partial charge >= 0.3 is 0 Å². The van der Waals surface area contributed by atoms with Crippen LogP contribution in [-0.4, -0.2) is 23.8 Å². The second-order valence-corrected chi connectivity index (χ2v) is 6.93. The summed E-state index contributed by atoms with van der Waals surface area (Å²) >= 11 is 3.12. The minimum Gasteiger partial charge on any atom is -0.497 e. The SMILES string of the molecule is COc1ccc(NC(=O)/C(=C/c2ccc([N+](=O)[O-])cc2)NC(=O)c2ccc(Br)o2)cc1. The van der Waals surface area contributed by atoms with Crippen LogP contribution in [0.25, 0.3) is 6.08 Å². The van der Waals surface area contributed by atoms with E-state index in [2.05, 4.69) is 26.6 Å². The van der Waals surface area contributed by atoms with Crippen LogP contribution in [0.15, 0.2) is 75.4 Å². The molecule has 0 saturated carbocycles. The summed E-state index contributed by atoms with van der Waals surface area (Å²) in [5.41, 5.74) is 0.787. The summed E-state index contributed by atoms with van der Waals surface area (Å²) in [4.78, 5) is 35.7. The van der Waals surface area contributed by atoms with Gasteiger partial charge in [0, 0.05) is 17.8 Å². The van der Waals surface area contributed by atoms with Gasteiger partial charge in [0.05, 0.1) is 12.0 Å². The molecule has 0 atom stereocenters. The average molecular weight is 486 g/mol. The van der Waals surface area contributed by atoms with Gasteiger partial charge in [-0.15, -0.1) is 0 Å². The first-order valence-electron chi connectivity index (χ1n) is 8.84. The van der Waals surface area contributed by atoms with Crippen molar-refractivity contribution in [2.45, 2.75) is 0 Å². The maximum Gasteiger partial charge on any atom is 0.291 e. The molecular weight excluding hydrogens is 470 g/mol. The lowest BCUT2D eigenvalue weighted by atomic mass is 10.1. The second-order valence-electron chi connectivity index (χ2n) is 6.15. The van der Waals surface area contributed by atoms with Crippen molar-refractivity contribution in [3.63, 3.8) is 0 Å². The standard InChI is InChI=1S/C21H16BrN3O6/c1-30-16-8-4-14(5-9-16)23-20(26)17(24-21(27)18-10-11-19(22)31-18)12-13-2-6-15(7-3-13)25(28)29/h2-12H,1H3,(H,23,26)(H,24,27)/b17-12-. The molecule has 0 unspecified atom stereocenters. The van der Waals surface area contributed by atoms with E-state index in [4.69, 9.17) is 9.15 Å². The number of methoxy groups -OCH3 is 1. The number of nitro benzene ring substituents is 1. The van der Waals surface area contributed by atoms with Crippen LogP contribution in [-0.2, 0) is 4.79 Å². The molecule has 10 heteroatoms. The van der Waals surface area contributed by atoms with E-state index in [1.807, 2.05) is 0 Å². The predicted molar refractivity (Wildman–Crippen MR) is 117 cm³/mol. The molecule has 158 valence electrons. The lowest BCUT2D eigenvalue weighted by Crippen LogP contribution is -2.30. The third-order valence-corrected chi connectivity index (χ3v) is 4.48. The van der Waals surface area contributed by atoms with Crippen LogP contribution < -0.4 is 15.4 Å². The highest BCUT2D eigenvalue weighted by molar-refractivity contribution is 9.10. The fourth-order valence-electron chi connectivity index (χ4n) is 2.51. The summed E-state index contributed by atoms with van der Waals surface area (Å²) in [7, 11) is 1.53. The van der Waals surface area contributed by atoms with Gasteiger partial charge in [-0.1, -0.05) is 0 Å².